The number of halogens is 3. The van der Waals surface area contributed by atoms with Crippen molar-refractivity contribution in [3.63, 3.8) is 0 Å². The van der Waals surface area contributed by atoms with E-state index >= 15 is 0 Å². The number of carbonyl (C=O) groups excluding carboxylic acids is 2. The van der Waals surface area contributed by atoms with Gasteiger partial charge < -0.3 is 32.7 Å². The van der Waals surface area contributed by atoms with E-state index in [1.54, 1.807) is 12.3 Å². The Morgan fingerprint density at radius 3 is 2.09 bits per heavy atom. The van der Waals surface area contributed by atoms with Gasteiger partial charge in [-0.2, -0.15) is 13.2 Å². The third-order valence-electron chi connectivity index (χ3n) is 7.32. The average molecular weight is 610 g/mol. The lowest BCUT2D eigenvalue weighted by molar-refractivity contribution is -0.829. The summed E-state index contributed by atoms with van der Waals surface area (Å²) in [4.78, 5) is 30.9. The number of hydrogen-bond donors (Lipinski definition) is 6. The number of carbonyl (C=O) groups is 2. The summed E-state index contributed by atoms with van der Waals surface area (Å²) < 4.78 is 39.3. The second-order valence-corrected chi connectivity index (χ2v) is 10.6. The number of fused-ring (bicyclic) bond motifs is 1. The summed E-state index contributed by atoms with van der Waals surface area (Å²) in [6.07, 6.45) is -2.70. The Morgan fingerprint density at radius 2 is 1.45 bits per heavy atom. The first kappa shape index (κ1) is 32.6. The topological polar surface area (TPSA) is 155 Å². The Balaban J connectivity index is 1.48. The van der Waals surface area contributed by atoms with E-state index in [0.717, 1.165) is 52.3 Å². The van der Waals surface area contributed by atoms with Gasteiger partial charge in [-0.3, -0.25) is 9.59 Å². The Kier molecular flexibility index (Phi) is 11.0. The molecular weight excluding hydrogens is 571 g/mol. The van der Waals surface area contributed by atoms with Crippen LogP contribution in [0.2, 0.25) is 0 Å². The fourth-order valence-electron chi connectivity index (χ4n) is 4.96. The molecule has 0 aliphatic rings. The lowest BCUT2D eigenvalue weighted by atomic mass is 10.0. The van der Waals surface area contributed by atoms with Gasteiger partial charge in [-0.25, -0.2) is 4.98 Å². The van der Waals surface area contributed by atoms with Crippen molar-refractivity contribution < 1.29 is 32.6 Å². The van der Waals surface area contributed by atoms with Gasteiger partial charge in [0.2, 0.25) is 17.3 Å². The van der Waals surface area contributed by atoms with Crippen molar-refractivity contribution in [3.05, 3.63) is 102 Å². The van der Waals surface area contributed by atoms with Crippen LogP contribution >= 0.6 is 0 Å². The summed E-state index contributed by atoms with van der Waals surface area (Å²) in [5.74, 6) is -1.11. The highest BCUT2D eigenvalue weighted by molar-refractivity contribution is 5.98. The summed E-state index contributed by atoms with van der Waals surface area (Å²) in [6.45, 7) is 2.50. The van der Waals surface area contributed by atoms with Crippen LogP contribution in [0.1, 0.15) is 16.7 Å². The van der Waals surface area contributed by atoms with Gasteiger partial charge >= 0.3 is 6.18 Å². The largest absolute Gasteiger partial charge is 0.416 e. The monoisotopic (exact) mass is 609 g/mol. The normalized spacial score (nSPS) is 13.1. The maximum atomic E-state index is 13.4. The Labute approximate surface area is 253 Å². The maximum absolute atomic E-state index is 13.4. The van der Waals surface area contributed by atoms with E-state index in [0.29, 0.717) is 24.3 Å². The first-order valence-electron chi connectivity index (χ1n) is 14.3. The molecule has 9 nitrogen and oxygen atoms in total. The second kappa shape index (κ2) is 14.9. The minimum atomic E-state index is -4.49. The molecule has 1 heterocycles. The minimum Gasteiger partial charge on any atom is -0.343 e. The van der Waals surface area contributed by atoms with Crippen molar-refractivity contribution in [1.82, 2.24) is 5.32 Å². The zero-order chi connectivity index (χ0) is 31.7. The molecule has 0 aliphatic heterocycles. The zero-order valence-corrected chi connectivity index (χ0v) is 24.2. The van der Waals surface area contributed by atoms with E-state index < -0.39 is 35.6 Å². The number of nitrogens with two attached hydrogens (primary N) is 3. The highest BCUT2D eigenvalue weighted by atomic mass is 19.4. The molecule has 0 saturated carbocycles. The smallest absolute Gasteiger partial charge is 0.343 e. The van der Waals surface area contributed by atoms with Gasteiger partial charge in [0.15, 0.2) is 6.20 Å². The quantitative estimate of drug-likeness (QED) is 0.135. The third kappa shape index (κ3) is 8.83. The van der Waals surface area contributed by atoms with Gasteiger partial charge in [0.1, 0.15) is 17.4 Å². The number of hydrogen-bond acceptors (Lipinski definition) is 5. The van der Waals surface area contributed by atoms with E-state index in [-0.39, 0.29) is 12.8 Å². The fraction of sp³-hybridized carbons (Fsp3) is 0.281. The zero-order valence-electron chi connectivity index (χ0n) is 24.2. The lowest BCUT2D eigenvalue weighted by Crippen LogP contribution is -3.08. The van der Waals surface area contributed by atoms with E-state index in [2.05, 4.69) is 15.6 Å². The molecule has 1 aromatic heterocycles. The lowest BCUT2D eigenvalue weighted by Gasteiger charge is -2.21. The van der Waals surface area contributed by atoms with Crippen LogP contribution in [-0.4, -0.2) is 50.1 Å². The standard InChI is InChI=1S/C32H36F3N7O2/c33-32(34,35)24-9-5-22(6-10-24)18-29(31(44)40-25-19-23-3-1-2-4-28(23)39-20-25)41-30(43)27(38)17-21-7-11-26(12-8-21)42(15-13-36)16-14-37/h1-12,19-20,27,29H,13-18,36-38H2,(H,40,44)(H,41,43)/p+2/t27-,29-/m0/s1. The molecule has 0 radical (unpaired) electrons. The maximum Gasteiger partial charge on any atom is 0.416 e. The second-order valence-electron chi connectivity index (χ2n) is 10.6. The molecule has 0 saturated heterocycles. The Morgan fingerprint density at radius 1 is 0.841 bits per heavy atom. The van der Waals surface area contributed by atoms with Crippen molar-refractivity contribution >= 4 is 34.1 Å². The number of amides is 2. The number of aromatic nitrogens is 1. The molecule has 2 amide bonds. The van der Waals surface area contributed by atoms with Gasteiger partial charge in [0.25, 0.3) is 0 Å². The predicted molar refractivity (Wildman–Crippen MR) is 163 cm³/mol. The van der Waals surface area contributed by atoms with Crippen molar-refractivity contribution in [1.29, 1.82) is 0 Å². The van der Waals surface area contributed by atoms with Crippen LogP contribution in [0.15, 0.2) is 85.1 Å². The molecule has 2 atom stereocenters. The number of para-hydroxylation sites is 1. The Bertz CT molecular complexity index is 1540. The molecular formula is C32H38F3N7O2+2. The van der Waals surface area contributed by atoms with Crippen LogP contribution in [0.25, 0.3) is 10.9 Å². The van der Waals surface area contributed by atoms with Gasteiger partial charge in [-0.05, 0) is 53.9 Å². The van der Waals surface area contributed by atoms with Crippen LogP contribution in [0.5, 0.6) is 0 Å². The number of alkyl halides is 3. The summed E-state index contributed by atoms with van der Waals surface area (Å²) in [5.41, 5.74) is 20.5. The molecule has 12 heteroatoms. The number of benzene rings is 3. The minimum absolute atomic E-state index is 0.0463. The van der Waals surface area contributed by atoms with Crippen LogP contribution < -0.4 is 37.7 Å². The fourth-order valence-corrected chi connectivity index (χ4v) is 4.96. The number of quaternary nitrogens is 1. The molecule has 3 aromatic carbocycles. The molecule has 0 fully saturated rings. The molecule has 44 heavy (non-hydrogen) atoms. The first-order valence-corrected chi connectivity index (χ1v) is 14.3. The molecule has 10 N–H and O–H groups in total. The van der Waals surface area contributed by atoms with Crippen LogP contribution in [0.4, 0.5) is 24.5 Å². The van der Waals surface area contributed by atoms with Gasteiger partial charge in [-0.1, -0.05) is 36.4 Å². The molecule has 4 aromatic rings. The number of anilines is 1. The van der Waals surface area contributed by atoms with Gasteiger partial charge in [0, 0.05) is 31.0 Å². The van der Waals surface area contributed by atoms with Gasteiger partial charge in [0.05, 0.1) is 24.7 Å². The molecule has 0 spiro atoms. The summed E-state index contributed by atoms with van der Waals surface area (Å²) >= 11 is 0. The van der Waals surface area contributed by atoms with Crippen molar-refractivity contribution in [3.8, 4) is 0 Å². The van der Waals surface area contributed by atoms with Crippen molar-refractivity contribution in [2.75, 3.05) is 31.5 Å². The Hall–Kier alpha value is -4.36. The summed E-state index contributed by atoms with van der Waals surface area (Å²) in [5, 5.41) is 6.36. The highest BCUT2D eigenvalue weighted by Gasteiger charge is 2.30. The van der Waals surface area contributed by atoms with E-state index in [1.807, 2.05) is 48.5 Å². The van der Waals surface area contributed by atoms with Crippen LogP contribution in [0, 0.1) is 0 Å². The average Bonchev–Trinajstić information content (AvgIpc) is 3.00. The summed E-state index contributed by atoms with van der Waals surface area (Å²) in [7, 11) is 0. The van der Waals surface area contributed by atoms with E-state index in [9.17, 15) is 22.8 Å². The van der Waals surface area contributed by atoms with Crippen molar-refractivity contribution in [2.45, 2.75) is 31.1 Å². The van der Waals surface area contributed by atoms with E-state index in [4.69, 9.17) is 17.2 Å². The number of H-pyrrole nitrogens is 1. The molecule has 0 unspecified atom stereocenters. The highest BCUT2D eigenvalue weighted by Crippen LogP contribution is 2.29. The number of nitrogens with one attached hydrogen (secondary N) is 4. The molecule has 0 bridgehead atoms. The SMILES string of the molecule is NCC[NH+](CCN)c1ccc(C[C@H](N)C(=O)N[C@@H](Cc2ccc(C(F)(F)F)cc2)C(=O)Nc2c[nH+]c3ccccc3c2)cc1. The first-order chi connectivity index (χ1) is 21.1. The number of rotatable bonds is 13. The third-order valence-corrected chi connectivity index (χ3v) is 7.32. The molecule has 4 rings (SSSR count). The molecule has 0 aliphatic carbocycles. The van der Waals surface area contributed by atoms with Crippen LogP contribution in [-0.2, 0) is 28.6 Å². The summed E-state index contributed by atoms with van der Waals surface area (Å²) in [6, 6.07) is 19.4. The number of pyridine rings is 1. The number of aromatic amines is 1. The van der Waals surface area contributed by atoms with E-state index in [1.165, 1.54) is 12.1 Å². The van der Waals surface area contributed by atoms with Crippen LogP contribution in [0.3, 0.4) is 0 Å². The predicted octanol–water partition coefficient (Wildman–Crippen LogP) is 1.34. The molecule has 232 valence electrons. The van der Waals surface area contributed by atoms with Gasteiger partial charge in [-0.15, -0.1) is 0 Å². The van der Waals surface area contributed by atoms with Crippen molar-refractivity contribution in [2.24, 2.45) is 17.2 Å².